The third-order valence-electron chi connectivity index (χ3n) is 5.16. The molecule has 0 aliphatic carbocycles. The van der Waals surface area contributed by atoms with E-state index < -0.39 is 5.60 Å². The summed E-state index contributed by atoms with van der Waals surface area (Å²) in [7, 11) is 0. The average molecular weight is 430 g/mol. The Morgan fingerprint density at radius 3 is 2.44 bits per heavy atom. The summed E-state index contributed by atoms with van der Waals surface area (Å²) < 4.78 is 6.53. The zero-order valence-corrected chi connectivity index (χ0v) is 17.5. The number of rotatable bonds is 1. The van der Waals surface area contributed by atoms with Crippen LogP contribution in [-0.2, 0) is 4.74 Å². The van der Waals surface area contributed by atoms with Gasteiger partial charge in [-0.3, -0.25) is 0 Å². The standard InChI is InChI=1S/C19H26BrClN2O2/c1-18(2,3)25-17(24)23-11-8-19(13-23)6-9-22(10-7-19)16-5-4-14(20)12-15(16)21/h4-5,12H,6-11,13H2,1-3H3. The Morgan fingerprint density at radius 1 is 1.20 bits per heavy atom. The Hall–Kier alpha value is -0.940. The van der Waals surface area contributed by atoms with Crippen LogP contribution in [0.2, 0.25) is 5.02 Å². The van der Waals surface area contributed by atoms with E-state index in [4.69, 9.17) is 16.3 Å². The van der Waals surface area contributed by atoms with Crippen molar-refractivity contribution in [3.63, 3.8) is 0 Å². The molecule has 0 unspecified atom stereocenters. The SMILES string of the molecule is CC(C)(C)OC(=O)N1CCC2(CCN(c3ccc(Br)cc3Cl)CC2)C1. The predicted molar refractivity (Wildman–Crippen MR) is 105 cm³/mol. The fourth-order valence-corrected chi connectivity index (χ4v) is 4.58. The molecule has 3 rings (SSSR count). The molecule has 138 valence electrons. The van der Waals surface area contributed by atoms with Crippen molar-refractivity contribution in [2.45, 2.75) is 45.6 Å². The van der Waals surface area contributed by atoms with Crippen LogP contribution in [0.25, 0.3) is 0 Å². The highest BCUT2D eigenvalue weighted by Gasteiger charge is 2.43. The number of nitrogens with zero attached hydrogens (tertiary/aromatic N) is 2. The number of anilines is 1. The molecule has 25 heavy (non-hydrogen) atoms. The molecule has 1 aromatic carbocycles. The maximum absolute atomic E-state index is 12.3. The number of piperidine rings is 1. The van der Waals surface area contributed by atoms with Gasteiger partial charge in [-0.2, -0.15) is 0 Å². The van der Waals surface area contributed by atoms with E-state index in [1.165, 1.54) is 0 Å². The normalized spacial score (nSPS) is 20.2. The van der Waals surface area contributed by atoms with Crippen LogP contribution < -0.4 is 4.90 Å². The number of likely N-dealkylation sites (tertiary alicyclic amines) is 1. The van der Waals surface area contributed by atoms with Crippen molar-refractivity contribution < 1.29 is 9.53 Å². The van der Waals surface area contributed by atoms with Gasteiger partial charge in [-0.25, -0.2) is 4.79 Å². The molecule has 0 aromatic heterocycles. The summed E-state index contributed by atoms with van der Waals surface area (Å²) in [6.07, 6.45) is 3.05. The van der Waals surface area contributed by atoms with E-state index in [0.717, 1.165) is 60.6 Å². The lowest BCUT2D eigenvalue weighted by Gasteiger charge is -2.40. The third-order valence-corrected chi connectivity index (χ3v) is 5.96. The van der Waals surface area contributed by atoms with Crippen LogP contribution in [0.5, 0.6) is 0 Å². The number of hydrogen-bond acceptors (Lipinski definition) is 3. The minimum Gasteiger partial charge on any atom is -0.444 e. The van der Waals surface area contributed by atoms with Gasteiger partial charge in [0.2, 0.25) is 0 Å². The lowest BCUT2D eigenvalue weighted by atomic mass is 9.77. The van der Waals surface area contributed by atoms with Gasteiger partial charge in [0.15, 0.2) is 0 Å². The molecule has 1 aromatic rings. The van der Waals surface area contributed by atoms with Crippen molar-refractivity contribution in [2.75, 3.05) is 31.1 Å². The van der Waals surface area contributed by atoms with Gasteiger partial charge in [0.1, 0.15) is 5.60 Å². The lowest BCUT2D eigenvalue weighted by molar-refractivity contribution is 0.0266. The number of benzene rings is 1. The Balaban J connectivity index is 1.60. The second kappa shape index (κ2) is 6.99. The van der Waals surface area contributed by atoms with Crippen molar-refractivity contribution in [3.8, 4) is 0 Å². The van der Waals surface area contributed by atoms with Crippen LogP contribution in [0.4, 0.5) is 10.5 Å². The molecule has 2 heterocycles. The van der Waals surface area contributed by atoms with Gasteiger partial charge in [-0.05, 0) is 63.6 Å². The first kappa shape index (κ1) is 18.8. The summed E-state index contributed by atoms with van der Waals surface area (Å²) in [6.45, 7) is 9.30. The maximum Gasteiger partial charge on any atom is 0.410 e. The summed E-state index contributed by atoms with van der Waals surface area (Å²) in [5.74, 6) is 0. The Kier molecular flexibility index (Phi) is 5.27. The molecule has 2 aliphatic rings. The van der Waals surface area contributed by atoms with Crippen molar-refractivity contribution in [1.29, 1.82) is 0 Å². The van der Waals surface area contributed by atoms with Crippen LogP contribution in [0, 0.1) is 5.41 Å². The van der Waals surface area contributed by atoms with Gasteiger partial charge >= 0.3 is 6.09 Å². The first-order valence-electron chi connectivity index (χ1n) is 8.85. The highest BCUT2D eigenvalue weighted by atomic mass is 79.9. The van der Waals surface area contributed by atoms with Crippen LogP contribution >= 0.6 is 27.5 Å². The quantitative estimate of drug-likeness (QED) is 0.605. The molecule has 0 radical (unpaired) electrons. The molecular weight excluding hydrogens is 404 g/mol. The molecule has 0 bridgehead atoms. The molecule has 2 aliphatic heterocycles. The summed E-state index contributed by atoms with van der Waals surface area (Å²) in [6, 6.07) is 6.05. The summed E-state index contributed by atoms with van der Waals surface area (Å²) in [5, 5.41) is 0.784. The van der Waals surface area contributed by atoms with E-state index in [1.807, 2.05) is 37.8 Å². The summed E-state index contributed by atoms with van der Waals surface area (Å²) in [5.41, 5.74) is 0.894. The highest BCUT2D eigenvalue weighted by Crippen LogP contribution is 2.42. The number of hydrogen-bond donors (Lipinski definition) is 0. The molecule has 2 saturated heterocycles. The predicted octanol–water partition coefficient (Wildman–Crippen LogP) is 5.33. The number of amides is 1. The fourth-order valence-electron chi connectivity index (χ4n) is 3.79. The third kappa shape index (κ3) is 4.43. The van der Waals surface area contributed by atoms with E-state index in [0.29, 0.717) is 0 Å². The number of halogens is 2. The van der Waals surface area contributed by atoms with Gasteiger partial charge in [-0.15, -0.1) is 0 Å². The second-order valence-electron chi connectivity index (χ2n) is 8.23. The van der Waals surface area contributed by atoms with Gasteiger partial charge < -0.3 is 14.5 Å². The van der Waals surface area contributed by atoms with Gasteiger partial charge in [0.25, 0.3) is 0 Å². The highest BCUT2D eigenvalue weighted by molar-refractivity contribution is 9.10. The molecule has 4 nitrogen and oxygen atoms in total. The van der Waals surface area contributed by atoms with Crippen molar-refractivity contribution in [1.82, 2.24) is 4.90 Å². The van der Waals surface area contributed by atoms with E-state index in [1.54, 1.807) is 0 Å². The Morgan fingerprint density at radius 2 is 1.84 bits per heavy atom. The van der Waals surface area contributed by atoms with E-state index in [-0.39, 0.29) is 11.5 Å². The summed E-state index contributed by atoms with van der Waals surface area (Å²) >= 11 is 9.86. The molecule has 6 heteroatoms. The van der Waals surface area contributed by atoms with E-state index in [9.17, 15) is 4.79 Å². The molecule has 2 fully saturated rings. The van der Waals surface area contributed by atoms with Crippen LogP contribution in [0.3, 0.4) is 0 Å². The second-order valence-corrected chi connectivity index (χ2v) is 9.56. The van der Waals surface area contributed by atoms with E-state index in [2.05, 4.69) is 26.9 Å². The lowest BCUT2D eigenvalue weighted by Crippen LogP contribution is -2.43. The van der Waals surface area contributed by atoms with Crippen LogP contribution in [0.1, 0.15) is 40.0 Å². The molecule has 0 saturated carbocycles. The Labute approximate surface area is 163 Å². The van der Waals surface area contributed by atoms with Gasteiger partial charge in [0.05, 0.1) is 10.7 Å². The van der Waals surface area contributed by atoms with Gasteiger partial charge in [0, 0.05) is 30.7 Å². The van der Waals surface area contributed by atoms with E-state index >= 15 is 0 Å². The first-order chi connectivity index (χ1) is 11.7. The first-order valence-corrected chi connectivity index (χ1v) is 10.0. The smallest absolute Gasteiger partial charge is 0.410 e. The largest absolute Gasteiger partial charge is 0.444 e. The zero-order chi connectivity index (χ0) is 18.2. The van der Waals surface area contributed by atoms with Crippen molar-refractivity contribution in [2.24, 2.45) is 5.41 Å². The molecule has 0 atom stereocenters. The monoisotopic (exact) mass is 428 g/mol. The molecule has 1 spiro atoms. The topological polar surface area (TPSA) is 32.8 Å². The maximum atomic E-state index is 12.3. The average Bonchev–Trinajstić information content (AvgIpc) is 2.91. The molecular formula is C19H26BrClN2O2. The minimum absolute atomic E-state index is 0.178. The van der Waals surface area contributed by atoms with Crippen LogP contribution in [-0.4, -0.2) is 42.8 Å². The number of carbonyl (C=O) groups excluding carboxylic acids is 1. The van der Waals surface area contributed by atoms with Gasteiger partial charge in [-0.1, -0.05) is 27.5 Å². The van der Waals surface area contributed by atoms with Crippen LogP contribution in [0.15, 0.2) is 22.7 Å². The molecule has 1 amide bonds. The fraction of sp³-hybridized carbons (Fsp3) is 0.632. The number of carbonyl (C=O) groups is 1. The summed E-state index contributed by atoms with van der Waals surface area (Å²) in [4.78, 5) is 16.6. The van der Waals surface area contributed by atoms with Crippen molar-refractivity contribution >= 4 is 39.3 Å². The number of ether oxygens (including phenoxy) is 1. The van der Waals surface area contributed by atoms with Crippen molar-refractivity contribution in [3.05, 3.63) is 27.7 Å². The molecule has 0 N–H and O–H groups in total. The zero-order valence-electron chi connectivity index (χ0n) is 15.1. The Bertz CT molecular complexity index is 651. The minimum atomic E-state index is -0.436.